The first kappa shape index (κ1) is 15.0. The standard InChI is InChI=1S/C15H15BrClN3S/c1-9(17)13-19-11-8-10(16)4-5-12(11)20(13)15(2,3)14-18-6-7-21-14/h4-9H,1-3H3. The first-order chi connectivity index (χ1) is 9.91. The molecule has 0 N–H and O–H groups in total. The Kier molecular flexibility index (Phi) is 3.84. The van der Waals surface area contributed by atoms with Crippen molar-refractivity contribution in [3.05, 3.63) is 45.1 Å². The lowest BCUT2D eigenvalue weighted by Gasteiger charge is -2.28. The molecule has 0 saturated carbocycles. The second-order valence-electron chi connectivity index (χ2n) is 5.45. The van der Waals surface area contributed by atoms with Crippen molar-refractivity contribution in [1.29, 1.82) is 0 Å². The zero-order chi connectivity index (χ0) is 15.2. The molecule has 0 aliphatic rings. The molecule has 2 aromatic heterocycles. The summed E-state index contributed by atoms with van der Waals surface area (Å²) in [6.07, 6.45) is 1.83. The van der Waals surface area contributed by atoms with E-state index in [0.29, 0.717) is 0 Å². The molecule has 3 aromatic rings. The van der Waals surface area contributed by atoms with Gasteiger partial charge >= 0.3 is 0 Å². The third kappa shape index (κ3) is 2.51. The lowest BCUT2D eigenvalue weighted by atomic mass is 10.1. The minimum atomic E-state index is -0.296. The number of rotatable bonds is 3. The summed E-state index contributed by atoms with van der Waals surface area (Å²) in [4.78, 5) is 9.21. The van der Waals surface area contributed by atoms with Crippen LogP contribution in [0.2, 0.25) is 0 Å². The van der Waals surface area contributed by atoms with Gasteiger partial charge in [-0.2, -0.15) is 0 Å². The molecule has 0 amide bonds. The smallest absolute Gasteiger partial charge is 0.128 e. The van der Waals surface area contributed by atoms with E-state index in [4.69, 9.17) is 16.6 Å². The Labute approximate surface area is 141 Å². The van der Waals surface area contributed by atoms with Crippen molar-refractivity contribution in [2.24, 2.45) is 0 Å². The highest BCUT2D eigenvalue weighted by Gasteiger charge is 2.31. The fourth-order valence-electron chi connectivity index (χ4n) is 2.55. The van der Waals surface area contributed by atoms with E-state index in [1.807, 2.05) is 30.6 Å². The highest BCUT2D eigenvalue weighted by atomic mass is 79.9. The topological polar surface area (TPSA) is 30.7 Å². The summed E-state index contributed by atoms with van der Waals surface area (Å²) in [5.41, 5.74) is 1.72. The Balaban J connectivity index is 2.32. The summed E-state index contributed by atoms with van der Waals surface area (Å²) in [5, 5.41) is 2.87. The molecule has 110 valence electrons. The van der Waals surface area contributed by atoms with Crippen LogP contribution in [-0.4, -0.2) is 14.5 Å². The Bertz CT molecular complexity index is 778. The fraction of sp³-hybridized carbons (Fsp3) is 0.333. The molecule has 3 nitrogen and oxygen atoms in total. The van der Waals surface area contributed by atoms with Crippen molar-refractivity contribution < 1.29 is 0 Å². The number of thiazole rings is 1. The number of fused-ring (bicyclic) bond motifs is 1. The monoisotopic (exact) mass is 383 g/mol. The van der Waals surface area contributed by atoms with Crippen molar-refractivity contribution in [2.75, 3.05) is 0 Å². The molecule has 2 heterocycles. The van der Waals surface area contributed by atoms with Crippen LogP contribution in [0.1, 0.15) is 37.0 Å². The van der Waals surface area contributed by atoms with Crippen molar-refractivity contribution in [3.63, 3.8) is 0 Å². The minimum absolute atomic E-state index is 0.171. The molecule has 1 aromatic carbocycles. The van der Waals surface area contributed by atoms with Crippen molar-refractivity contribution in [3.8, 4) is 0 Å². The van der Waals surface area contributed by atoms with Crippen LogP contribution >= 0.6 is 38.9 Å². The third-order valence-corrected chi connectivity index (χ3v) is 5.29. The molecule has 3 rings (SSSR count). The van der Waals surface area contributed by atoms with Crippen LogP contribution in [0.25, 0.3) is 11.0 Å². The van der Waals surface area contributed by atoms with Gasteiger partial charge in [-0.15, -0.1) is 22.9 Å². The average Bonchev–Trinajstić information content (AvgIpc) is 3.05. The summed E-state index contributed by atoms with van der Waals surface area (Å²) < 4.78 is 3.21. The fourth-order valence-corrected chi connectivity index (χ4v) is 3.80. The number of halogens is 2. The van der Waals surface area contributed by atoms with Gasteiger partial charge in [0.15, 0.2) is 0 Å². The molecule has 0 saturated heterocycles. The summed E-state index contributed by atoms with van der Waals surface area (Å²) in [6.45, 7) is 6.25. The number of hydrogen-bond acceptors (Lipinski definition) is 3. The maximum Gasteiger partial charge on any atom is 0.128 e. The number of nitrogens with zero attached hydrogens (tertiary/aromatic N) is 3. The molecule has 6 heteroatoms. The van der Waals surface area contributed by atoms with E-state index in [2.05, 4.69) is 45.4 Å². The predicted octanol–water partition coefficient (Wildman–Crippen LogP) is 5.34. The van der Waals surface area contributed by atoms with E-state index in [1.165, 1.54) is 0 Å². The summed E-state index contributed by atoms with van der Waals surface area (Å²) >= 11 is 11.5. The minimum Gasteiger partial charge on any atom is -0.314 e. The van der Waals surface area contributed by atoms with Crippen LogP contribution in [-0.2, 0) is 5.54 Å². The van der Waals surface area contributed by atoms with Crippen LogP contribution in [0.3, 0.4) is 0 Å². The summed E-state index contributed by atoms with van der Waals surface area (Å²) in [5.74, 6) is 0.866. The van der Waals surface area contributed by atoms with Gasteiger partial charge in [-0.1, -0.05) is 15.9 Å². The lowest BCUT2D eigenvalue weighted by Crippen LogP contribution is -2.29. The first-order valence-electron chi connectivity index (χ1n) is 6.63. The zero-order valence-electron chi connectivity index (χ0n) is 12.0. The molecule has 0 aliphatic heterocycles. The van der Waals surface area contributed by atoms with Crippen molar-refractivity contribution in [1.82, 2.24) is 14.5 Å². The highest BCUT2D eigenvalue weighted by molar-refractivity contribution is 9.10. The molecule has 0 fully saturated rings. The highest BCUT2D eigenvalue weighted by Crippen LogP contribution is 2.36. The molecule has 0 bridgehead atoms. The molecule has 21 heavy (non-hydrogen) atoms. The van der Waals surface area contributed by atoms with Crippen LogP contribution in [0.5, 0.6) is 0 Å². The number of hydrogen-bond donors (Lipinski definition) is 0. The van der Waals surface area contributed by atoms with Crippen LogP contribution < -0.4 is 0 Å². The Hall–Kier alpha value is -0.910. The lowest BCUT2D eigenvalue weighted by molar-refractivity contribution is 0.429. The maximum atomic E-state index is 6.37. The third-order valence-electron chi connectivity index (χ3n) is 3.51. The maximum absolute atomic E-state index is 6.37. The second-order valence-corrected chi connectivity index (χ2v) is 7.92. The molecule has 0 spiro atoms. The van der Waals surface area contributed by atoms with Crippen LogP contribution in [0.4, 0.5) is 0 Å². The van der Waals surface area contributed by atoms with Gasteiger partial charge in [-0.05, 0) is 39.0 Å². The van der Waals surface area contributed by atoms with E-state index in [0.717, 1.165) is 26.3 Å². The molecule has 0 radical (unpaired) electrons. The van der Waals surface area contributed by atoms with Gasteiger partial charge in [0.25, 0.3) is 0 Å². The van der Waals surface area contributed by atoms with Gasteiger partial charge < -0.3 is 4.57 Å². The molecule has 1 unspecified atom stereocenters. The molecular formula is C15H15BrClN3S. The van der Waals surface area contributed by atoms with Crippen molar-refractivity contribution in [2.45, 2.75) is 31.7 Å². The van der Waals surface area contributed by atoms with Crippen LogP contribution in [0, 0.1) is 0 Å². The Morgan fingerprint density at radius 1 is 1.38 bits per heavy atom. The summed E-state index contributed by atoms with van der Waals surface area (Å²) in [6, 6.07) is 6.12. The van der Waals surface area contributed by atoms with Gasteiger partial charge in [0.1, 0.15) is 10.8 Å². The van der Waals surface area contributed by atoms with Gasteiger partial charge in [-0.3, -0.25) is 0 Å². The first-order valence-corrected chi connectivity index (χ1v) is 8.74. The molecule has 0 aliphatic carbocycles. The number of imidazole rings is 1. The van der Waals surface area contributed by atoms with E-state index in [-0.39, 0.29) is 10.9 Å². The van der Waals surface area contributed by atoms with Gasteiger partial charge in [-0.25, -0.2) is 9.97 Å². The van der Waals surface area contributed by atoms with E-state index < -0.39 is 0 Å². The van der Waals surface area contributed by atoms with Gasteiger partial charge in [0, 0.05) is 16.0 Å². The summed E-state index contributed by atoms with van der Waals surface area (Å²) in [7, 11) is 0. The van der Waals surface area contributed by atoms with Gasteiger partial charge in [0.05, 0.1) is 21.9 Å². The zero-order valence-corrected chi connectivity index (χ0v) is 15.1. The largest absolute Gasteiger partial charge is 0.314 e. The Morgan fingerprint density at radius 2 is 2.14 bits per heavy atom. The number of alkyl halides is 1. The Morgan fingerprint density at radius 3 is 2.76 bits per heavy atom. The number of benzene rings is 1. The van der Waals surface area contributed by atoms with E-state index in [1.54, 1.807) is 11.3 Å². The SMILES string of the molecule is CC(Cl)c1nc2cc(Br)ccc2n1C(C)(C)c1nccs1. The van der Waals surface area contributed by atoms with E-state index in [9.17, 15) is 0 Å². The second kappa shape index (κ2) is 5.38. The van der Waals surface area contributed by atoms with Crippen molar-refractivity contribution >= 4 is 49.9 Å². The van der Waals surface area contributed by atoms with Gasteiger partial charge in [0.2, 0.25) is 0 Å². The quantitative estimate of drug-likeness (QED) is 0.571. The molecule has 1 atom stereocenters. The normalized spacial score (nSPS) is 13.8. The average molecular weight is 385 g/mol. The van der Waals surface area contributed by atoms with E-state index >= 15 is 0 Å². The molecular weight excluding hydrogens is 370 g/mol. The number of aromatic nitrogens is 3. The van der Waals surface area contributed by atoms with Crippen LogP contribution in [0.15, 0.2) is 34.2 Å². The predicted molar refractivity (Wildman–Crippen MR) is 92.2 cm³/mol.